The van der Waals surface area contributed by atoms with Gasteiger partial charge in [-0.1, -0.05) is 18.2 Å². The van der Waals surface area contributed by atoms with Crippen molar-refractivity contribution in [3.8, 4) is 0 Å². The van der Waals surface area contributed by atoms with Crippen molar-refractivity contribution in [2.45, 2.75) is 0 Å². The zero-order valence-corrected chi connectivity index (χ0v) is 8.25. The third-order valence-electron chi connectivity index (χ3n) is 1.50. The Morgan fingerprint density at radius 2 is 2.07 bits per heavy atom. The fourth-order valence-electron chi connectivity index (χ4n) is 0.819. The first-order valence-corrected chi connectivity index (χ1v) is 4.24. The number of benzene rings is 1. The highest BCUT2D eigenvalue weighted by Crippen LogP contribution is 2.10. The smallest absolute Gasteiger partial charge is 0.334 e. The van der Waals surface area contributed by atoms with Crippen molar-refractivity contribution in [1.29, 1.82) is 0 Å². The van der Waals surface area contributed by atoms with Crippen molar-refractivity contribution < 1.29 is 9.53 Å². The maximum absolute atomic E-state index is 10.8. The van der Waals surface area contributed by atoms with Gasteiger partial charge in [0.2, 0.25) is 0 Å². The fraction of sp³-hybridized carbons (Fsp3) is 0.100. The molecule has 15 heavy (non-hydrogen) atoms. The number of ether oxygens (including phenoxy) is 1. The average Bonchev–Trinajstić information content (AvgIpc) is 2.27. The molecule has 0 spiro atoms. The summed E-state index contributed by atoms with van der Waals surface area (Å²) in [5, 5.41) is 7.46. The second-order valence-electron chi connectivity index (χ2n) is 2.63. The molecule has 0 fully saturated rings. The highest BCUT2D eigenvalue weighted by molar-refractivity contribution is 5.82. The summed E-state index contributed by atoms with van der Waals surface area (Å²) >= 11 is 0. The molecule has 0 aliphatic rings. The molecular formula is C10H11N3O2. The monoisotopic (exact) mass is 205 g/mol. The lowest BCUT2D eigenvalue weighted by molar-refractivity contribution is -0.134. The number of carbonyl (C=O) groups is 1. The van der Waals surface area contributed by atoms with Gasteiger partial charge in [-0.2, -0.15) is 0 Å². The van der Waals surface area contributed by atoms with Crippen molar-refractivity contribution in [3.63, 3.8) is 0 Å². The molecule has 0 unspecified atom stereocenters. The first-order chi connectivity index (χ1) is 7.22. The van der Waals surface area contributed by atoms with Crippen LogP contribution in [0.25, 0.3) is 0 Å². The average molecular weight is 205 g/mol. The highest BCUT2D eigenvalue weighted by atomic mass is 16.5. The Hall–Kier alpha value is -2.17. The molecule has 0 saturated carbocycles. The van der Waals surface area contributed by atoms with Gasteiger partial charge in [0.05, 0.1) is 18.9 Å². The summed E-state index contributed by atoms with van der Waals surface area (Å²) in [6, 6.07) is 9.07. The van der Waals surface area contributed by atoms with E-state index >= 15 is 0 Å². The fourth-order valence-corrected chi connectivity index (χ4v) is 0.819. The number of nitrogens with zero attached hydrogens (tertiary/aromatic N) is 2. The number of esters is 1. The van der Waals surface area contributed by atoms with Crippen LogP contribution >= 0.6 is 0 Å². The predicted molar refractivity (Wildman–Crippen MR) is 55.2 cm³/mol. The number of carbonyl (C=O) groups excluding carboxylic acids is 1. The van der Waals surface area contributed by atoms with Gasteiger partial charge in [0.1, 0.15) is 0 Å². The number of nitrogens with two attached hydrogens (primary N) is 1. The zero-order valence-electron chi connectivity index (χ0n) is 8.25. The van der Waals surface area contributed by atoms with Crippen LogP contribution in [0.5, 0.6) is 0 Å². The Bertz CT molecular complexity index is 385. The molecule has 0 saturated heterocycles. The van der Waals surface area contributed by atoms with E-state index in [2.05, 4.69) is 15.0 Å². The van der Waals surface area contributed by atoms with Crippen molar-refractivity contribution >= 4 is 11.7 Å². The second kappa shape index (κ2) is 5.54. The van der Waals surface area contributed by atoms with E-state index < -0.39 is 5.97 Å². The van der Waals surface area contributed by atoms with Gasteiger partial charge in [-0.3, -0.25) is 0 Å². The third-order valence-corrected chi connectivity index (χ3v) is 1.50. The molecule has 0 radical (unpaired) electrons. The first kappa shape index (κ1) is 10.9. The molecule has 1 aromatic carbocycles. The normalized spacial score (nSPS) is 11.7. The Balaban J connectivity index is 2.66. The maximum atomic E-state index is 10.8. The third kappa shape index (κ3) is 4.04. The van der Waals surface area contributed by atoms with Gasteiger partial charge >= 0.3 is 5.97 Å². The van der Waals surface area contributed by atoms with Crippen molar-refractivity contribution in [2.24, 2.45) is 16.0 Å². The molecule has 0 amide bonds. The molecule has 0 bridgehead atoms. The second-order valence-corrected chi connectivity index (χ2v) is 2.63. The molecule has 0 aromatic heterocycles. The van der Waals surface area contributed by atoms with E-state index in [4.69, 9.17) is 5.73 Å². The van der Waals surface area contributed by atoms with Gasteiger partial charge < -0.3 is 10.5 Å². The lowest BCUT2D eigenvalue weighted by atomic mass is 10.3. The van der Waals surface area contributed by atoms with E-state index in [-0.39, 0.29) is 5.82 Å². The minimum absolute atomic E-state index is 0.00528. The number of methoxy groups -OCH3 is 1. The minimum atomic E-state index is -0.556. The number of hydrogen-bond acceptors (Lipinski definition) is 5. The molecule has 0 aliphatic carbocycles. The van der Waals surface area contributed by atoms with Crippen molar-refractivity contribution in [3.05, 3.63) is 42.2 Å². The molecule has 0 heterocycles. The van der Waals surface area contributed by atoms with Crippen LogP contribution in [-0.2, 0) is 9.53 Å². The Labute approximate surface area is 87.3 Å². The molecule has 0 atom stereocenters. The van der Waals surface area contributed by atoms with E-state index in [0.717, 1.165) is 6.08 Å². The van der Waals surface area contributed by atoms with Gasteiger partial charge in [-0.25, -0.2) is 4.79 Å². The van der Waals surface area contributed by atoms with Crippen LogP contribution in [0.2, 0.25) is 0 Å². The summed E-state index contributed by atoms with van der Waals surface area (Å²) in [6.07, 6.45) is 1.06. The lowest BCUT2D eigenvalue weighted by Gasteiger charge is -1.92. The Morgan fingerprint density at radius 1 is 1.40 bits per heavy atom. The molecule has 0 aliphatic heterocycles. The van der Waals surface area contributed by atoms with E-state index in [1.165, 1.54) is 7.11 Å². The van der Waals surface area contributed by atoms with Crippen LogP contribution in [-0.4, -0.2) is 13.1 Å². The summed E-state index contributed by atoms with van der Waals surface area (Å²) in [7, 11) is 1.26. The predicted octanol–water partition coefficient (Wildman–Crippen LogP) is 1.74. The number of hydrogen-bond donors (Lipinski definition) is 1. The Morgan fingerprint density at radius 3 is 2.67 bits per heavy atom. The summed E-state index contributed by atoms with van der Waals surface area (Å²) < 4.78 is 4.38. The summed E-state index contributed by atoms with van der Waals surface area (Å²) in [5.41, 5.74) is 6.06. The van der Waals surface area contributed by atoms with Crippen LogP contribution in [0, 0.1) is 0 Å². The minimum Gasteiger partial charge on any atom is -0.466 e. The first-order valence-electron chi connectivity index (χ1n) is 4.24. The van der Waals surface area contributed by atoms with Crippen LogP contribution in [0.3, 0.4) is 0 Å². The molecular weight excluding hydrogens is 194 g/mol. The van der Waals surface area contributed by atoms with Crippen molar-refractivity contribution in [2.75, 3.05) is 7.11 Å². The van der Waals surface area contributed by atoms with E-state index in [1.807, 2.05) is 18.2 Å². The zero-order chi connectivity index (χ0) is 11.1. The SMILES string of the molecule is COC(=O)/C=C(/N)N=Nc1ccccc1. The van der Waals surface area contributed by atoms with Crippen LogP contribution < -0.4 is 5.73 Å². The van der Waals surface area contributed by atoms with Gasteiger partial charge in [-0.05, 0) is 12.1 Å². The Kier molecular flexibility index (Phi) is 4.03. The number of rotatable bonds is 3. The highest BCUT2D eigenvalue weighted by Gasteiger charge is 1.95. The molecule has 5 nitrogen and oxygen atoms in total. The van der Waals surface area contributed by atoms with Crippen LogP contribution in [0.15, 0.2) is 52.5 Å². The quantitative estimate of drug-likeness (QED) is 0.464. The maximum Gasteiger partial charge on any atom is 0.334 e. The van der Waals surface area contributed by atoms with Crippen molar-refractivity contribution in [1.82, 2.24) is 0 Å². The lowest BCUT2D eigenvalue weighted by Crippen LogP contribution is -2.01. The van der Waals surface area contributed by atoms with Gasteiger partial charge in [0.15, 0.2) is 5.82 Å². The van der Waals surface area contributed by atoms with Gasteiger partial charge in [0.25, 0.3) is 0 Å². The summed E-state index contributed by atoms with van der Waals surface area (Å²) in [5.74, 6) is -0.551. The molecule has 1 rings (SSSR count). The molecule has 78 valence electrons. The van der Waals surface area contributed by atoms with Gasteiger partial charge in [-0.15, -0.1) is 10.2 Å². The largest absolute Gasteiger partial charge is 0.466 e. The molecule has 2 N–H and O–H groups in total. The summed E-state index contributed by atoms with van der Waals surface area (Å²) in [4.78, 5) is 10.8. The van der Waals surface area contributed by atoms with Gasteiger partial charge in [0, 0.05) is 0 Å². The van der Waals surface area contributed by atoms with E-state index in [1.54, 1.807) is 12.1 Å². The number of azo groups is 1. The van der Waals surface area contributed by atoms with E-state index in [0.29, 0.717) is 5.69 Å². The summed E-state index contributed by atoms with van der Waals surface area (Å²) in [6.45, 7) is 0. The molecule has 1 aromatic rings. The van der Waals surface area contributed by atoms with Crippen LogP contribution in [0.4, 0.5) is 5.69 Å². The standard InChI is InChI=1S/C10H11N3O2/c1-15-10(14)7-9(11)13-12-8-5-3-2-4-6-8/h2-7H,11H2,1H3/b9-7-,13-12?. The topological polar surface area (TPSA) is 77.0 Å². The van der Waals surface area contributed by atoms with E-state index in [9.17, 15) is 4.79 Å². The van der Waals surface area contributed by atoms with Crippen LogP contribution in [0.1, 0.15) is 0 Å². The molecule has 5 heteroatoms.